The first kappa shape index (κ1) is 28.9. The van der Waals surface area contributed by atoms with Gasteiger partial charge in [0.1, 0.15) is 5.60 Å². The van der Waals surface area contributed by atoms with Crippen molar-refractivity contribution in [2.45, 2.75) is 119 Å². The van der Waals surface area contributed by atoms with E-state index in [1.807, 2.05) is 76.2 Å². The fourth-order valence-electron chi connectivity index (χ4n) is 2.61. The first-order chi connectivity index (χ1) is 13.6. The molecule has 6 heteroatoms. The SMILES string of the molecule is CCCCC(=O)OC(C)(C)C(C)COC(=O)C(C)(C)C(C)(C)OC(C)COC(C)C. The van der Waals surface area contributed by atoms with Gasteiger partial charge in [-0.05, 0) is 68.7 Å². The van der Waals surface area contributed by atoms with E-state index < -0.39 is 16.6 Å². The smallest absolute Gasteiger partial charge is 0.314 e. The molecule has 0 saturated heterocycles. The summed E-state index contributed by atoms with van der Waals surface area (Å²) >= 11 is 0. The lowest BCUT2D eigenvalue weighted by molar-refractivity contribution is -0.190. The summed E-state index contributed by atoms with van der Waals surface area (Å²) in [6, 6.07) is 0. The summed E-state index contributed by atoms with van der Waals surface area (Å²) in [4.78, 5) is 24.9. The lowest BCUT2D eigenvalue weighted by Gasteiger charge is -2.41. The molecule has 0 fully saturated rings. The topological polar surface area (TPSA) is 71.1 Å². The average molecular weight is 431 g/mol. The van der Waals surface area contributed by atoms with Gasteiger partial charge in [0.15, 0.2) is 0 Å². The van der Waals surface area contributed by atoms with Crippen molar-refractivity contribution in [2.75, 3.05) is 13.2 Å². The van der Waals surface area contributed by atoms with Gasteiger partial charge in [0.25, 0.3) is 0 Å². The van der Waals surface area contributed by atoms with Crippen LogP contribution in [0.15, 0.2) is 0 Å². The molecule has 0 aromatic heterocycles. The molecule has 0 N–H and O–H groups in total. The molecular weight excluding hydrogens is 384 g/mol. The predicted octanol–water partition coefficient (Wildman–Crippen LogP) is 5.31. The van der Waals surface area contributed by atoms with Gasteiger partial charge in [-0.2, -0.15) is 0 Å². The third-order valence-electron chi connectivity index (χ3n) is 5.94. The summed E-state index contributed by atoms with van der Waals surface area (Å²) in [6.07, 6.45) is 2.12. The predicted molar refractivity (Wildman–Crippen MR) is 119 cm³/mol. The van der Waals surface area contributed by atoms with Gasteiger partial charge in [-0.25, -0.2) is 0 Å². The van der Waals surface area contributed by atoms with Crippen LogP contribution in [0.2, 0.25) is 0 Å². The molecule has 0 aliphatic rings. The van der Waals surface area contributed by atoms with Gasteiger partial charge in [0, 0.05) is 12.3 Å². The molecular formula is C24H46O6. The van der Waals surface area contributed by atoms with Crippen LogP contribution in [-0.4, -0.2) is 48.6 Å². The Labute approximate surface area is 184 Å². The molecule has 0 aromatic carbocycles. The Balaban J connectivity index is 4.86. The van der Waals surface area contributed by atoms with E-state index in [-0.39, 0.29) is 36.7 Å². The molecule has 0 radical (unpaired) electrons. The van der Waals surface area contributed by atoms with Crippen LogP contribution in [0.1, 0.15) is 95.4 Å². The van der Waals surface area contributed by atoms with Gasteiger partial charge < -0.3 is 18.9 Å². The lowest BCUT2D eigenvalue weighted by atomic mass is 9.77. The molecule has 0 amide bonds. The maximum atomic E-state index is 12.9. The highest BCUT2D eigenvalue weighted by molar-refractivity contribution is 5.77. The van der Waals surface area contributed by atoms with Gasteiger partial charge in [0.05, 0.1) is 36.4 Å². The summed E-state index contributed by atoms with van der Waals surface area (Å²) in [6.45, 7) is 21.6. The van der Waals surface area contributed by atoms with Gasteiger partial charge in [-0.1, -0.05) is 20.3 Å². The minimum absolute atomic E-state index is 0.123. The second kappa shape index (κ2) is 12.0. The second-order valence-electron chi connectivity index (χ2n) is 10.1. The maximum absolute atomic E-state index is 12.9. The van der Waals surface area contributed by atoms with Crippen molar-refractivity contribution in [3.8, 4) is 0 Å². The van der Waals surface area contributed by atoms with Crippen LogP contribution < -0.4 is 0 Å². The van der Waals surface area contributed by atoms with E-state index in [4.69, 9.17) is 18.9 Å². The van der Waals surface area contributed by atoms with E-state index in [0.717, 1.165) is 12.8 Å². The number of carbonyl (C=O) groups is 2. The zero-order valence-electron chi connectivity index (χ0n) is 21.2. The number of hydrogen-bond donors (Lipinski definition) is 0. The fourth-order valence-corrected chi connectivity index (χ4v) is 2.61. The van der Waals surface area contributed by atoms with Gasteiger partial charge in [-0.3, -0.25) is 9.59 Å². The monoisotopic (exact) mass is 430 g/mol. The van der Waals surface area contributed by atoms with Crippen molar-refractivity contribution >= 4 is 11.9 Å². The van der Waals surface area contributed by atoms with Gasteiger partial charge >= 0.3 is 11.9 Å². The van der Waals surface area contributed by atoms with Crippen molar-refractivity contribution in [1.82, 2.24) is 0 Å². The average Bonchev–Trinajstić information content (AvgIpc) is 2.61. The molecule has 0 aliphatic heterocycles. The number of carbonyl (C=O) groups excluding carboxylic acids is 2. The van der Waals surface area contributed by atoms with Crippen LogP contribution in [0.5, 0.6) is 0 Å². The van der Waals surface area contributed by atoms with E-state index in [0.29, 0.717) is 13.0 Å². The van der Waals surface area contributed by atoms with E-state index >= 15 is 0 Å². The van der Waals surface area contributed by atoms with Crippen molar-refractivity contribution in [3.05, 3.63) is 0 Å². The normalized spacial score (nSPS) is 15.1. The second-order valence-corrected chi connectivity index (χ2v) is 10.1. The van der Waals surface area contributed by atoms with Crippen LogP contribution in [0.25, 0.3) is 0 Å². The minimum atomic E-state index is -0.874. The number of ether oxygens (including phenoxy) is 4. The molecule has 178 valence electrons. The van der Waals surface area contributed by atoms with E-state index in [1.54, 1.807) is 0 Å². The van der Waals surface area contributed by atoms with Crippen LogP contribution in [-0.2, 0) is 28.5 Å². The van der Waals surface area contributed by atoms with Crippen molar-refractivity contribution in [1.29, 1.82) is 0 Å². The molecule has 0 spiro atoms. The Hall–Kier alpha value is -1.14. The molecule has 0 heterocycles. The lowest BCUT2D eigenvalue weighted by Crippen LogP contribution is -2.50. The van der Waals surface area contributed by atoms with Crippen molar-refractivity contribution < 1.29 is 28.5 Å². The van der Waals surface area contributed by atoms with Gasteiger partial charge in [0.2, 0.25) is 0 Å². The highest BCUT2D eigenvalue weighted by Gasteiger charge is 2.47. The quantitative estimate of drug-likeness (QED) is 0.348. The Morgan fingerprint density at radius 2 is 1.47 bits per heavy atom. The standard InChI is InChI=1S/C24H46O6/c1-12-13-14-20(25)30-23(8,9)18(4)15-28-21(26)22(6,7)24(10,11)29-19(5)16-27-17(2)3/h17-19H,12-16H2,1-11H3. The molecule has 2 unspecified atom stereocenters. The summed E-state index contributed by atoms with van der Waals surface area (Å²) in [5.41, 5.74) is -2.35. The number of esters is 2. The van der Waals surface area contributed by atoms with Crippen molar-refractivity contribution in [2.24, 2.45) is 11.3 Å². The van der Waals surface area contributed by atoms with Crippen LogP contribution in [0, 0.1) is 11.3 Å². The molecule has 0 saturated carbocycles. The third kappa shape index (κ3) is 9.34. The summed E-state index contributed by atoms with van der Waals surface area (Å²) < 4.78 is 23.0. The van der Waals surface area contributed by atoms with Crippen LogP contribution >= 0.6 is 0 Å². The largest absolute Gasteiger partial charge is 0.465 e. The zero-order chi connectivity index (χ0) is 23.8. The molecule has 2 atom stereocenters. The highest BCUT2D eigenvalue weighted by atomic mass is 16.6. The Morgan fingerprint density at radius 3 is 1.97 bits per heavy atom. The molecule has 6 nitrogen and oxygen atoms in total. The van der Waals surface area contributed by atoms with Gasteiger partial charge in [-0.15, -0.1) is 0 Å². The third-order valence-corrected chi connectivity index (χ3v) is 5.94. The molecule has 30 heavy (non-hydrogen) atoms. The minimum Gasteiger partial charge on any atom is -0.465 e. The maximum Gasteiger partial charge on any atom is 0.314 e. The number of rotatable bonds is 14. The van der Waals surface area contributed by atoms with E-state index in [1.165, 1.54) is 0 Å². The first-order valence-corrected chi connectivity index (χ1v) is 11.2. The van der Waals surface area contributed by atoms with Crippen LogP contribution in [0.3, 0.4) is 0 Å². The Bertz CT molecular complexity index is 536. The van der Waals surface area contributed by atoms with E-state index in [2.05, 4.69) is 0 Å². The Morgan fingerprint density at radius 1 is 0.900 bits per heavy atom. The summed E-state index contributed by atoms with van der Waals surface area (Å²) in [5, 5.41) is 0. The van der Waals surface area contributed by atoms with Crippen molar-refractivity contribution in [3.63, 3.8) is 0 Å². The molecule has 0 bridgehead atoms. The zero-order valence-corrected chi connectivity index (χ0v) is 21.2. The van der Waals surface area contributed by atoms with Crippen LogP contribution in [0.4, 0.5) is 0 Å². The number of unbranched alkanes of at least 4 members (excludes halogenated alkanes) is 1. The van der Waals surface area contributed by atoms with E-state index in [9.17, 15) is 9.59 Å². The first-order valence-electron chi connectivity index (χ1n) is 11.2. The summed E-state index contributed by atoms with van der Waals surface area (Å²) in [7, 11) is 0. The Kier molecular flexibility index (Phi) is 11.6. The number of hydrogen-bond acceptors (Lipinski definition) is 6. The molecule has 0 aromatic rings. The summed E-state index contributed by atoms with van der Waals surface area (Å²) in [5.74, 6) is -0.706. The molecule has 0 aliphatic carbocycles. The highest BCUT2D eigenvalue weighted by Crippen LogP contribution is 2.36. The molecule has 0 rings (SSSR count). The fraction of sp³-hybridized carbons (Fsp3) is 0.917.